The molecule has 0 bridgehead atoms. The summed E-state index contributed by atoms with van der Waals surface area (Å²) in [6.45, 7) is 5.76. The number of amides is 1. The first-order valence-electron chi connectivity index (χ1n) is 6.21. The van der Waals surface area contributed by atoms with Gasteiger partial charge in [-0.05, 0) is 27.2 Å². The number of hydrogen-bond donors (Lipinski definition) is 2. The van der Waals surface area contributed by atoms with E-state index in [-0.39, 0.29) is 22.5 Å². The van der Waals surface area contributed by atoms with E-state index in [1.165, 1.54) is 6.92 Å². The highest BCUT2D eigenvalue weighted by atomic mass is 32.2. The molecule has 1 fully saturated rings. The Bertz CT molecular complexity index is 636. The van der Waals surface area contributed by atoms with Crippen molar-refractivity contribution in [2.75, 3.05) is 6.61 Å². The predicted octanol–water partition coefficient (Wildman–Crippen LogP) is 0.533. The van der Waals surface area contributed by atoms with Gasteiger partial charge >= 0.3 is 0 Å². The Labute approximate surface area is 117 Å². The maximum absolute atomic E-state index is 12.1. The molecule has 2 unspecified atom stereocenters. The molecule has 112 valence electrons. The molecule has 2 atom stereocenters. The summed E-state index contributed by atoms with van der Waals surface area (Å²) >= 11 is 0. The lowest BCUT2D eigenvalue weighted by Gasteiger charge is -2.28. The highest BCUT2D eigenvalue weighted by molar-refractivity contribution is 7.89. The average Bonchev–Trinajstić information content (AvgIpc) is 2.83. The zero-order valence-corrected chi connectivity index (χ0v) is 12.4. The quantitative estimate of drug-likeness (QED) is 0.846. The Morgan fingerprint density at radius 3 is 2.65 bits per heavy atom. The number of hydrogen-bond acceptors (Lipinski definition) is 5. The van der Waals surface area contributed by atoms with Crippen LogP contribution in [0.4, 0.5) is 0 Å². The topological polar surface area (TPSA) is 112 Å². The zero-order valence-electron chi connectivity index (χ0n) is 11.6. The average molecular weight is 302 g/mol. The first-order chi connectivity index (χ1) is 9.13. The van der Waals surface area contributed by atoms with Gasteiger partial charge in [0.05, 0.1) is 11.6 Å². The molecular formula is C12H18N2O5S. The van der Waals surface area contributed by atoms with Gasteiger partial charge in [0.2, 0.25) is 10.0 Å². The van der Waals surface area contributed by atoms with E-state index in [4.69, 9.17) is 14.3 Å². The maximum Gasteiger partial charge on any atom is 0.287 e. The highest BCUT2D eigenvalue weighted by Crippen LogP contribution is 2.26. The molecule has 3 N–H and O–H groups in total. The normalized spacial score (nSPS) is 26.7. The molecule has 20 heavy (non-hydrogen) atoms. The fraction of sp³-hybridized carbons (Fsp3) is 0.583. The zero-order chi connectivity index (χ0) is 15.1. The van der Waals surface area contributed by atoms with Crippen molar-refractivity contribution in [3.05, 3.63) is 17.6 Å². The van der Waals surface area contributed by atoms with Gasteiger partial charge < -0.3 is 14.5 Å². The van der Waals surface area contributed by atoms with Crippen molar-refractivity contribution in [2.45, 2.75) is 43.7 Å². The van der Waals surface area contributed by atoms with E-state index in [0.29, 0.717) is 13.0 Å². The molecule has 0 radical (unpaired) electrons. The van der Waals surface area contributed by atoms with Crippen LogP contribution in [0.25, 0.3) is 0 Å². The van der Waals surface area contributed by atoms with Crippen molar-refractivity contribution >= 4 is 15.9 Å². The number of aryl methyl sites for hydroxylation is 1. The molecule has 1 aliphatic rings. The Hall–Kier alpha value is -1.38. The number of carbonyl (C=O) groups excluding carboxylic acids is 1. The summed E-state index contributed by atoms with van der Waals surface area (Å²) in [6, 6.07) is 1.14. The summed E-state index contributed by atoms with van der Waals surface area (Å²) in [5, 5.41) is 7.86. The number of nitrogens with one attached hydrogen (secondary N) is 1. The smallest absolute Gasteiger partial charge is 0.287 e. The molecule has 1 saturated heterocycles. The van der Waals surface area contributed by atoms with Gasteiger partial charge in [0.25, 0.3) is 5.91 Å². The molecule has 7 nitrogen and oxygen atoms in total. The van der Waals surface area contributed by atoms with Crippen LogP contribution in [-0.2, 0) is 14.8 Å². The first kappa shape index (κ1) is 15.0. The maximum atomic E-state index is 12.1. The minimum absolute atomic E-state index is 0.0770. The fourth-order valence-corrected chi connectivity index (χ4v) is 2.89. The Kier molecular flexibility index (Phi) is 3.66. The number of furan rings is 1. The summed E-state index contributed by atoms with van der Waals surface area (Å²) in [4.78, 5) is 12.0. The fourth-order valence-electron chi connectivity index (χ4n) is 2.18. The molecule has 0 aromatic carbocycles. The lowest BCUT2D eigenvalue weighted by Crippen LogP contribution is -2.50. The minimum Gasteiger partial charge on any atom is -0.455 e. The number of rotatable bonds is 3. The Morgan fingerprint density at radius 1 is 1.55 bits per heavy atom. The third-order valence-corrected chi connectivity index (χ3v) is 4.71. The van der Waals surface area contributed by atoms with Crippen LogP contribution in [-0.4, -0.2) is 32.6 Å². The van der Waals surface area contributed by atoms with Crippen molar-refractivity contribution in [3.63, 3.8) is 0 Å². The third kappa shape index (κ3) is 2.72. The molecule has 1 aromatic heterocycles. The van der Waals surface area contributed by atoms with Gasteiger partial charge in [-0.15, -0.1) is 0 Å². The summed E-state index contributed by atoms with van der Waals surface area (Å²) < 4.78 is 33.2. The molecule has 1 aliphatic heterocycles. The number of sulfonamides is 1. The SMILES string of the molecule is Cc1oc(C(=O)NC2(C)CCOC2C)cc1S(N)(=O)=O. The van der Waals surface area contributed by atoms with Crippen LogP contribution in [0.2, 0.25) is 0 Å². The van der Waals surface area contributed by atoms with Crippen LogP contribution in [0.5, 0.6) is 0 Å². The second-order valence-electron chi connectivity index (χ2n) is 5.21. The van der Waals surface area contributed by atoms with Crippen LogP contribution in [0, 0.1) is 6.92 Å². The van der Waals surface area contributed by atoms with E-state index < -0.39 is 21.5 Å². The second kappa shape index (κ2) is 4.87. The predicted molar refractivity (Wildman–Crippen MR) is 70.7 cm³/mol. The number of nitrogens with two attached hydrogens (primary N) is 1. The largest absolute Gasteiger partial charge is 0.455 e. The molecule has 0 spiro atoms. The van der Waals surface area contributed by atoms with Crippen LogP contribution >= 0.6 is 0 Å². The number of primary sulfonamides is 1. The molecule has 1 aromatic rings. The Morgan fingerprint density at radius 2 is 2.20 bits per heavy atom. The van der Waals surface area contributed by atoms with E-state index in [0.717, 1.165) is 6.07 Å². The van der Waals surface area contributed by atoms with Crippen molar-refractivity contribution in [3.8, 4) is 0 Å². The van der Waals surface area contributed by atoms with Crippen molar-refractivity contribution in [1.29, 1.82) is 0 Å². The van der Waals surface area contributed by atoms with Crippen LogP contribution < -0.4 is 10.5 Å². The van der Waals surface area contributed by atoms with E-state index in [1.807, 2.05) is 13.8 Å². The standard InChI is InChI=1S/C12H18N2O5S/c1-7-10(20(13,16)17)6-9(19-7)11(15)14-12(3)4-5-18-8(12)2/h6,8H,4-5H2,1-3H3,(H,14,15)(H2,13,16,17). The first-order valence-corrected chi connectivity index (χ1v) is 7.75. The molecule has 1 amide bonds. The number of ether oxygens (including phenoxy) is 1. The van der Waals surface area contributed by atoms with Crippen molar-refractivity contribution < 1.29 is 22.4 Å². The van der Waals surface area contributed by atoms with E-state index in [9.17, 15) is 13.2 Å². The van der Waals surface area contributed by atoms with Crippen molar-refractivity contribution in [2.24, 2.45) is 5.14 Å². The van der Waals surface area contributed by atoms with Gasteiger partial charge in [-0.25, -0.2) is 13.6 Å². The van der Waals surface area contributed by atoms with E-state index in [1.54, 1.807) is 0 Å². The molecule has 2 heterocycles. The number of carbonyl (C=O) groups is 1. The van der Waals surface area contributed by atoms with Gasteiger partial charge in [0, 0.05) is 12.7 Å². The summed E-state index contributed by atoms with van der Waals surface area (Å²) in [7, 11) is -3.90. The van der Waals surface area contributed by atoms with Gasteiger partial charge in [-0.1, -0.05) is 0 Å². The Balaban J connectivity index is 2.23. The lowest BCUT2D eigenvalue weighted by molar-refractivity contribution is 0.0708. The lowest BCUT2D eigenvalue weighted by atomic mass is 9.94. The van der Waals surface area contributed by atoms with Gasteiger partial charge in [-0.3, -0.25) is 4.79 Å². The molecular weight excluding hydrogens is 284 g/mol. The van der Waals surface area contributed by atoms with Crippen LogP contribution in [0.1, 0.15) is 36.6 Å². The van der Waals surface area contributed by atoms with Gasteiger partial charge in [-0.2, -0.15) is 0 Å². The van der Waals surface area contributed by atoms with E-state index >= 15 is 0 Å². The van der Waals surface area contributed by atoms with E-state index in [2.05, 4.69) is 5.32 Å². The van der Waals surface area contributed by atoms with Crippen LogP contribution in [0.15, 0.2) is 15.4 Å². The molecule has 0 saturated carbocycles. The van der Waals surface area contributed by atoms with Crippen molar-refractivity contribution in [1.82, 2.24) is 5.32 Å². The molecule has 0 aliphatic carbocycles. The monoisotopic (exact) mass is 302 g/mol. The third-order valence-electron chi connectivity index (χ3n) is 3.69. The highest BCUT2D eigenvalue weighted by Gasteiger charge is 2.39. The summed E-state index contributed by atoms with van der Waals surface area (Å²) in [5.74, 6) is -0.465. The molecule has 8 heteroatoms. The minimum atomic E-state index is -3.90. The molecule has 2 rings (SSSR count). The summed E-state index contributed by atoms with van der Waals surface area (Å²) in [5.41, 5.74) is -0.500. The van der Waals surface area contributed by atoms with Crippen LogP contribution in [0.3, 0.4) is 0 Å². The van der Waals surface area contributed by atoms with Gasteiger partial charge in [0.1, 0.15) is 10.7 Å². The van der Waals surface area contributed by atoms with Gasteiger partial charge in [0.15, 0.2) is 5.76 Å². The second-order valence-corrected chi connectivity index (χ2v) is 6.74. The summed E-state index contributed by atoms with van der Waals surface area (Å²) in [6.07, 6.45) is 0.557.